The third-order valence-corrected chi connectivity index (χ3v) is 5.94. The molecule has 172 valence electrons. The van der Waals surface area contributed by atoms with Crippen LogP contribution in [0.25, 0.3) is 0 Å². The van der Waals surface area contributed by atoms with Crippen molar-refractivity contribution in [1.29, 1.82) is 0 Å². The molecule has 1 N–H and O–H groups in total. The smallest absolute Gasteiger partial charge is 0.225 e. The van der Waals surface area contributed by atoms with E-state index in [4.69, 9.17) is 0 Å². The van der Waals surface area contributed by atoms with Crippen LogP contribution < -0.4 is 5.32 Å². The third kappa shape index (κ3) is 6.63. The van der Waals surface area contributed by atoms with Crippen LogP contribution in [0.1, 0.15) is 50.3 Å². The van der Waals surface area contributed by atoms with Crippen LogP contribution in [0.3, 0.4) is 0 Å². The highest BCUT2D eigenvalue weighted by Crippen LogP contribution is 2.37. The largest absolute Gasteiger partial charge is 0.356 e. The number of rotatable bonds is 10. The summed E-state index contributed by atoms with van der Waals surface area (Å²) in [4.78, 5) is 34.3. The highest BCUT2D eigenvalue weighted by atomic mass is 16.2. The summed E-state index contributed by atoms with van der Waals surface area (Å²) >= 11 is 0. The van der Waals surface area contributed by atoms with Crippen molar-refractivity contribution in [2.75, 3.05) is 26.7 Å². The second kappa shape index (κ2) is 11.8. The molecule has 0 radical (unpaired) electrons. The summed E-state index contributed by atoms with van der Waals surface area (Å²) in [6.07, 6.45) is 5.39. The molecule has 6 nitrogen and oxygen atoms in total. The first kappa shape index (κ1) is 23.9. The third-order valence-electron chi connectivity index (χ3n) is 5.94. The molecule has 2 aromatic rings. The maximum atomic E-state index is 13.2. The lowest BCUT2D eigenvalue weighted by molar-refractivity contribution is -0.144. The molecule has 32 heavy (non-hydrogen) atoms. The number of nitrogens with one attached hydrogen (secondary N) is 1. The number of amides is 2. The minimum absolute atomic E-state index is 0.0332. The summed E-state index contributed by atoms with van der Waals surface area (Å²) in [7, 11) is 2.10. The van der Waals surface area contributed by atoms with Gasteiger partial charge in [0.05, 0.1) is 12.0 Å². The number of aromatic nitrogens is 1. The monoisotopic (exact) mass is 436 g/mol. The molecule has 1 aromatic carbocycles. The molecule has 3 rings (SSSR count). The molecule has 2 amide bonds. The SMILES string of the molecule is CC(C)CN1C(=O)CC[C@@H](C(=O)NCCCN(C)Cc2ccccc2)[C@@H]1c1cccnc1. The summed E-state index contributed by atoms with van der Waals surface area (Å²) < 4.78 is 0. The molecule has 0 bridgehead atoms. The number of pyridine rings is 1. The first-order chi connectivity index (χ1) is 15.5. The number of hydrogen-bond acceptors (Lipinski definition) is 4. The van der Waals surface area contributed by atoms with Gasteiger partial charge in [-0.15, -0.1) is 0 Å². The normalized spacial score (nSPS) is 18.9. The summed E-state index contributed by atoms with van der Waals surface area (Å²) in [6.45, 7) is 7.28. The Hall–Kier alpha value is -2.73. The van der Waals surface area contributed by atoms with Gasteiger partial charge in [-0.25, -0.2) is 0 Å². The lowest BCUT2D eigenvalue weighted by atomic mass is 9.83. The average molecular weight is 437 g/mol. The standard InChI is InChI=1S/C26H36N4O2/c1-20(2)18-30-24(31)13-12-23(25(30)22-11-7-14-27-17-22)26(32)28-15-8-16-29(3)19-21-9-5-4-6-10-21/h4-7,9-11,14,17,20,23,25H,8,12-13,15-16,18-19H2,1-3H3,(H,28,32)/t23-,25+/m1/s1. The Balaban J connectivity index is 1.58. The van der Waals surface area contributed by atoms with Crippen LogP contribution in [0, 0.1) is 11.8 Å². The van der Waals surface area contributed by atoms with Crippen molar-refractivity contribution in [3.05, 3.63) is 66.0 Å². The van der Waals surface area contributed by atoms with E-state index in [9.17, 15) is 9.59 Å². The lowest BCUT2D eigenvalue weighted by Crippen LogP contribution is -2.49. The van der Waals surface area contributed by atoms with E-state index in [1.165, 1.54) is 5.56 Å². The fourth-order valence-corrected chi connectivity index (χ4v) is 4.47. The zero-order valence-corrected chi connectivity index (χ0v) is 19.5. The van der Waals surface area contributed by atoms with Crippen molar-refractivity contribution < 1.29 is 9.59 Å². The van der Waals surface area contributed by atoms with Gasteiger partial charge in [-0.05, 0) is 49.5 Å². The molecule has 0 unspecified atom stereocenters. The van der Waals surface area contributed by atoms with Gasteiger partial charge in [-0.1, -0.05) is 50.2 Å². The Morgan fingerprint density at radius 2 is 2.00 bits per heavy atom. The highest BCUT2D eigenvalue weighted by Gasteiger charge is 2.40. The maximum Gasteiger partial charge on any atom is 0.225 e. The number of benzene rings is 1. The van der Waals surface area contributed by atoms with Crippen LogP contribution in [-0.2, 0) is 16.1 Å². The predicted octanol–water partition coefficient (Wildman–Crippen LogP) is 3.66. The van der Waals surface area contributed by atoms with E-state index in [2.05, 4.69) is 60.4 Å². The minimum Gasteiger partial charge on any atom is -0.356 e. The molecule has 0 spiro atoms. The van der Waals surface area contributed by atoms with E-state index in [-0.39, 0.29) is 23.8 Å². The summed E-state index contributed by atoms with van der Waals surface area (Å²) in [5.41, 5.74) is 2.22. The van der Waals surface area contributed by atoms with Gasteiger partial charge in [0.15, 0.2) is 0 Å². The van der Waals surface area contributed by atoms with Crippen molar-refractivity contribution in [3.8, 4) is 0 Å². The molecule has 1 saturated heterocycles. The van der Waals surface area contributed by atoms with E-state index >= 15 is 0 Å². The first-order valence-electron chi connectivity index (χ1n) is 11.6. The molecule has 1 aliphatic heterocycles. The van der Waals surface area contributed by atoms with Gasteiger partial charge >= 0.3 is 0 Å². The molecular formula is C26H36N4O2. The molecular weight excluding hydrogens is 400 g/mol. The Kier molecular flexibility index (Phi) is 8.80. The topological polar surface area (TPSA) is 65.5 Å². The second-order valence-electron chi connectivity index (χ2n) is 9.18. The molecule has 6 heteroatoms. The van der Waals surface area contributed by atoms with E-state index in [1.54, 1.807) is 12.4 Å². The highest BCUT2D eigenvalue weighted by molar-refractivity contribution is 5.85. The first-order valence-corrected chi connectivity index (χ1v) is 11.6. The molecule has 1 aromatic heterocycles. The van der Waals surface area contributed by atoms with Crippen LogP contribution in [-0.4, -0.2) is 53.3 Å². The summed E-state index contributed by atoms with van der Waals surface area (Å²) in [5, 5.41) is 3.14. The fourth-order valence-electron chi connectivity index (χ4n) is 4.47. The van der Waals surface area contributed by atoms with E-state index in [0.29, 0.717) is 31.8 Å². The van der Waals surface area contributed by atoms with Crippen LogP contribution in [0.2, 0.25) is 0 Å². The fraction of sp³-hybridized carbons (Fsp3) is 0.500. The quantitative estimate of drug-likeness (QED) is 0.578. The number of carbonyl (C=O) groups excluding carboxylic acids is 2. The zero-order chi connectivity index (χ0) is 22.9. The summed E-state index contributed by atoms with van der Waals surface area (Å²) in [6, 6.07) is 14.0. The zero-order valence-electron chi connectivity index (χ0n) is 19.5. The van der Waals surface area contributed by atoms with E-state index in [1.807, 2.05) is 23.1 Å². The van der Waals surface area contributed by atoms with Crippen LogP contribution >= 0.6 is 0 Å². The average Bonchev–Trinajstić information content (AvgIpc) is 2.79. The molecule has 0 saturated carbocycles. The van der Waals surface area contributed by atoms with Crippen molar-refractivity contribution in [3.63, 3.8) is 0 Å². The minimum atomic E-state index is -0.256. The Bertz CT molecular complexity index is 857. The van der Waals surface area contributed by atoms with Gasteiger partial charge in [0, 0.05) is 38.4 Å². The second-order valence-corrected chi connectivity index (χ2v) is 9.18. The Morgan fingerprint density at radius 1 is 1.22 bits per heavy atom. The van der Waals surface area contributed by atoms with Crippen molar-refractivity contribution in [2.45, 2.75) is 45.7 Å². The Morgan fingerprint density at radius 3 is 2.69 bits per heavy atom. The number of likely N-dealkylation sites (tertiary alicyclic amines) is 1. The van der Waals surface area contributed by atoms with Gasteiger partial charge in [0.25, 0.3) is 0 Å². The summed E-state index contributed by atoms with van der Waals surface area (Å²) in [5.74, 6) is 0.239. The molecule has 0 aliphatic carbocycles. The number of hydrogen-bond donors (Lipinski definition) is 1. The van der Waals surface area contributed by atoms with Gasteiger partial charge in [-0.3, -0.25) is 14.6 Å². The molecule has 1 aliphatic rings. The van der Waals surface area contributed by atoms with E-state index < -0.39 is 0 Å². The Labute approximate surface area is 192 Å². The number of carbonyl (C=O) groups is 2. The van der Waals surface area contributed by atoms with Gasteiger partial charge in [-0.2, -0.15) is 0 Å². The lowest BCUT2D eigenvalue weighted by Gasteiger charge is -2.41. The van der Waals surface area contributed by atoms with Gasteiger partial charge in [0.2, 0.25) is 11.8 Å². The van der Waals surface area contributed by atoms with Crippen LogP contribution in [0.15, 0.2) is 54.9 Å². The molecule has 2 heterocycles. The van der Waals surface area contributed by atoms with Crippen molar-refractivity contribution in [2.24, 2.45) is 11.8 Å². The van der Waals surface area contributed by atoms with Crippen molar-refractivity contribution in [1.82, 2.24) is 20.1 Å². The number of piperidine rings is 1. The number of nitrogens with zero attached hydrogens (tertiary/aromatic N) is 3. The molecule has 2 atom stereocenters. The maximum absolute atomic E-state index is 13.2. The molecule has 1 fully saturated rings. The van der Waals surface area contributed by atoms with E-state index in [0.717, 1.165) is 25.1 Å². The van der Waals surface area contributed by atoms with Crippen LogP contribution in [0.4, 0.5) is 0 Å². The van der Waals surface area contributed by atoms with Crippen molar-refractivity contribution >= 4 is 11.8 Å². The van der Waals surface area contributed by atoms with Gasteiger partial charge < -0.3 is 15.1 Å². The predicted molar refractivity (Wildman–Crippen MR) is 127 cm³/mol. The van der Waals surface area contributed by atoms with Gasteiger partial charge in [0.1, 0.15) is 0 Å². The van der Waals surface area contributed by atoms with Crippen LogP contribution in [0.5, 0.6) is 0 Å².